The van der Waals surface area contributed by atoms with E-state index < -0.39 is 5.92 Å². The number of hydrogen-bond donors (Lipinski definition) is 0. The molecule has 0 saturated carbocycles. The number of hydrogen-bond acceptors (Lipinski definition) is 3. The molecule has 0 aromatic heterocycles. The smallest absolute Gasteiger partial charge is 0.270 e. The minimum atomic E-state index is -2.81. The molecule has 0 heterocycles. The van der Waals surface area contributed by atoms with Crippen LogP contribution in [-0.4, -0.2) is 21.3 Å². The molecule has 0 bridgehead atoms. The van der Waals surface area contributed by atoms with Gasteiger partial charge in [-0.15, -0.1) is 0 Å². The van der Waals surface area contributed by atoms with Crippen LogP contribution in [0, 0.1) is 0 Å². The maximum Gasteiger partial charge on any atom is 0.270 e. The number of methoxy groups -OCH3 is 3. The molecular formula is C21H26F2O3. The molecule has 0 aliphatic carbocycles. The van der Waals surface area contributed by atoms with E-state index in [4.69, 9.17) is 14.2 Å². The SMILES string of the molecule is COc1cc(CC[C@@H](C)c2ccc(C(C)(F)F)cc2)cc(OC)c1OC. The molecule has 142 valence electrons. The molecule has 0 unspecified atom stereocenters. The monoisotopic (exact) mass is 364 g/mol. The van der Waals surface area contributed by atoms with E-state index in [2.05, 4.69) is 6.92 Å². The lowest BCUT2D eigenvalue weighted by atomic mass is 9.92. The molecule has 3 nitrogen and oxygen atoms in total. The summed E-state index contributed by atoms with van der Waals surface area (Å²) in [5, 5.41) is 0. The fourth-order valence-corrected chi connectivity index (χ4v) is 2.93. The van der Waals surface area contributed by atoms with Crippen molar-refractivity contribution in [1.82, 2.24) is 0 Å². The predicted octanol–water partition coefficient (Wildman–Crippen LogP) is 5.56. The molecule has 1 atom stereocenters. The van der Waals surface area contributed by atoms with Gasteiger partial charge in [-0.1, -0.05) is 31.2 Å². The molecule has 0 saturated heterocycles. The molecule has 26 heavy (non-hydrogen) atoms. The number of ether oxygens (including phenoxy) is 3. The fraction of sp³-hybridized carbons (Fsp3) is 0.429. The highest BCUT2D eigenvalue weighted by Crippen LogP contribution is 2.39. The molecule has 5 heteroatoms. The Balaban J connectivity index is 2.10. The Labute approximate surface area is 153 Å². The molecule has 0 N–H and O–H groups in total. The van der Waals surface area contributed by atoms with Crippen molar-refractivity contribution in [2.24, 2.45) is 0 Å². The molecule has 0 spiro atoms. The van der Waals surface area contributed by atoms with Crippen LogP contribution >= 0.6 is 0 Å². The normalized spacial score (nSPS) is 12.6. The van der Waals surface area contributed by atoms with Crippen LogP contribution in [0.1, 0.15) is 42.9 Å². The minimum absolute atomic E-state index is 0.0399. The van der Waals surface area contributed by atoms with Gasteiger partial charge in [0.05, 0.1) is 21.3 Å². The second-order valence-corrected chi connectivity index (χ2v) is 6.48. The third-order valence-corrected chi connectivity index (χ3v) is 4.58. The van der Waals surface area contributed by atoms with Gasteiger partial charge in [0.2, 0.25) is 5.75 Å². The van der Waals surface area contributed by atoms with Crippen molar-refractivity contribution in [2.75, 3.05) is 21.3 Å². The van der Waals surface area contributed by atoms with E-state index in [0.29, 0.717) is 17.2 Å². The maximum atomic E-state index is 13.3. The zero-order chi connectivity index (χ0) is 19.3. The van der Waals surface area contributed by atoms with Gasteiger partial charge in [-0.2, -0.15) is 0 Å². The first-order chi connectivity index (χ1) is 12.3. The number of aryl methyl sites for hydroxylation is 1. The van der Waals surface area contributed by atoms with Gasteiger partial charge in [0.1, 0.15) is 0 Å². The largest absolute Gasteiger partial charge is 0.493 e. The molecule has 2 aromatic rings. The molecule has 0 aliphatic heterocycles. The van der Waals surface area contributed by atoms with Crippen molar-refractivity contribution >= 4 is 0 Å². The molecule has 2 rings (SSSR count). The van der Waals surface area contributed by atoms with E-state index in [-0.39, 0.29) is 11.5 Å². The van der Waals surface area contributed by atoms with Gasteiger partial charge in [-0.3, -0.25) is 0 Å². The van der Waals surface area contributed by atoms with Gasteiger partial charge in [0.15, 0.2) is 11.5 Å². The second kappa shape index (κ2) is 8.39. The molecule has 0 aliphatic rings. The summed E-state index contributed by atoms with van der Waals surface area (Å²) < 4.78 is 42.8. The van der Waals surface area contributed by atoms with Crippen LogP contribution in [0.5, 0.6) is 17.2 Å². The first-order valence-electron chi connectivity index (χ1n) is 8.57. The van der Waals surface area contributed by atoms with Crippen molar-refractivity contribution in [1.29, 1.82) is 0 Å². The van der Waals surface area contributed by atoms with Crippen molar-refractivity contribution in [2.45, 2.75) is 38.5 Å². The first-order valence-corrected chi connectivity index (χ1v) is 8.57. The molecule has 2 aromatic carbocycles. The zero-order valence-corrected chi connectivity index (χ0v) is 15.9. The first kappa shape index (κ1) is 20.0. The van der Waals surface area contributed by atoms with Crippen LogP contribution in [0.4, 0.5) is 8.78 Å². The lowest BCUT2D eigenvalue weighted by Gasteiger charge is -2.17. The summed E-state index contributed by atoms with van der Waals surface area (Å²) >= 11 is 0. The zero-order valence-electron chi connectivity index (χ0n) is 15.9. The Hall–Kier alpha value is -2.30. The van der Waals surface area contributed by atoms with Crippen molar-refractivity contribution in [3.63, 3.8) is 0 Å². The van der Waals surface area contributed by atoms with Crippen molar-refractivity contribution < 1.29 is 23.0 Å². The number of rotatable bonds is 8. The van der Waals surface area contributed by atoms with Crippen LogP contribution in [0.15, 0.2) is 36.4 Å². The topological polar surface area (TPSA) is 27.7 Å². The fourth-order valence-electron chi connectivity index (χ4n) is 2.93. The van der Waals surface area contributed by atoms with E-state index in [0.717, 1.165) is 30.9 Å². The lowest BCUT2D eigenvalue weighted by Crippen LogP contribution is -2.07. The highest BCUT2D eigenvalue weighted by Gasteiger charge is 2.24. The van der Waals surface area contributed by atoms with Crippen molar-refractivity contribution in [3.8, 4) is 17.2 Å². The lowest BCUT2D eigenvalue weighted by molar-refractivity contribution is 0.0174. The summed E-state index contributed by atoms with van der Waals surface area (Å²) in [5.41, 5.74) is 2.16. The summed E-state index contributed by atoms with van der Waals surface area (Å²) in [6, 6.07) is 10.5. The van der Waals surface area contributed by atoms with Crippen LogP contribution in [-0.2, 0) is 12.3 Å². The maximum absolute atomic E-state index is 13.3. The van der Waals surface area contributed by atoms with Gasteiger partial charge in [-0.05, 0) is 42.0 Å². The number of alkyl halides is 2. The van der Waals surface area contributed by atoms with E-state index in [9.17, 15) is 8.78 Å². The molecule has 0 amide bonds. The van der Waals surface area contributed by atoms with Gasteiger partial charge >= 0.3 is 0 Å². The molecule has 0 fully saturated rings. The van der Waals surface area contributed by atoms with Gasteiger partial charge in [-0.25, -0.2) is 8.78 Å². The summed E-state index contributed by atoms with van der Waals surface area (Å²) in [5.74, 6) is -0.734. The van der Waals surface area contributed by atoms with Gasteiger partial charge in [0, 0.05) is 12.5 Å². The van der Waals surface area contributed by atoms with E-state index in [1.807, 2.05) is 12.1 Å². The molecule has 0 radical (unpaired) electrons. The standard InChI is InChI=1S/C21H26F2O3/c1-14(16-8-10-17(11-9-16)21(2,22)23)6-7-15-12-18(24-3)20(26-5)19(13-15)25-4/h8-14H,6-7H2,1-5H3/t14-/m1/s1. The van der Waals surface area contributed by atoms with Gasteiger partial charge < -0.3 is 14.2 Å². The predicted molar refractivity (Wildman–Crippen MR) is 98.8 cm³/mol. The second-order valence-electron chi connectivity index (χ2n) is 6.48. The Morgan fingerprint density at radius 3 is 1.88 bits per heavy atom. The van der Waals surface area contributed by atoms with Crippen LogP contribution in [0.25, 0.3) is 0 Å². The van der Waals surface area contributed by atoms with Crippen LogP contribution in [0.2, 0.25) is 0 Å². The minimum Gasteiger partial charge on any atom is -0.493 e. The van der Waals surface area contributed by atoms with E-state index in [1.54, 1.807) is 33.5 Å². The van der Waals surface area contributed by atoms with E-state index in [1.165, 1.54) is 12.1 Å². The summed E-state index contributed by atoms with van der Waals surface area (Å²) in [7, 11) is 4.76. The summed E-state index contributed by atoms with van der Waals surface area (Å²) in [6.07, 6.45) is 1.68. The Kier molecular flexibility index (Phi) is 6.46. The molecular weight excluding hydrogens is 338 g/mol. The summed E-state index contributed by atoms with van der Waals surface area (Å²) in [4.78, 5) is 0. The van der Waals surface area contributed by atoms with E-state index >= 15 is 0 Å². The van der Waals surface area contributed by atoms with Crippen LogP contribution < -0.4 is 14.2 Å². The highest BCUT2D eigenvalue weighted by atomic mass is 19.3. The van der Waals surface area contributed by atoms with Gasteiger partial charge in [0.25, 0.3) is 5.92 Å². The third-order valence-electron chi connectivity index (χ3n) is 4.58. The Morgan fingerprint density at radius 1 is 0.923 bits per heavy atom. The average molecular weight is 364 g/mol. The average Bonchev–Trinajstić information content (AvgIpc) is 2.64. The van der Waals surface area contributed by atoms with Crippen molar-refractivity contribution in [3.05, 3.63) is 53.1 Å². The summed E-state index contributed by atoms with van der Waals surface area (Å²) in [6.45, 7) is 3.01. The Bertz CT molecular complexity index is 696. The highest BCUT2D eigenvalue weighted by molar-refractivity contribution is 5.53. The number of benzene rings is 2. The third kappa shape index (κ3) is 4.65. The van der Waals surface area contributed by atoms with Crippen LogP contribution in [0.3, 0.4) is 0 Å². The Morgan fingerprint density at radius 2 is 1.46 bits per heavy atom. The quantitative estimate of drug-likeness (QED) is 0.614. The number of halogens is 2.